The van der Waals surface area contributed by atoms with Crippen LogP contribution in [0.5, 0.6) is 0 Å². The largest absolute Gasteiger partial charge is 0.481 e. The van der Waals surface area contributed by atoms with Crippen molar-refractivity contribution in [2.75, 3.05) is 0 Å². The molecule has 0 radical (unpaired) electrons. The Labute approximate surface area is 128 Å². The van der Waals surface area contributed by atoms with Crippen molar-refractivity contribution in [2.45, 2.75) is 65.3 Å². The Morgan fingerprint density at radius 1 is 1.52 bits per heavy atom. The van der Waals surface area contributed by atoms with Crippen molar-refractivity contribution in [1.82, 2.24) is 5.32 Å². The highest BCUT2D eigenvalue weighted by atomic mass is 16.4. The maximum absolute atomic E-state index is 11.7. The van der Waals surface area contributed by atoms with Gasteiger partial charge in [-0.05, 0) is 50.9 Å². The third kappa shape index (κ3) is 4.58. The number of allylic oxidation sites excluding steroid dienone is 1. The summed E-state index contributed by atoms with van der Waals surface area (Å²) in [5.41, 5.74) is -0.595. The minimum atomic E-state index is -0.672. The summed E-state index contributed by atoms with van der Waals surface area (Å²) in [6.07, 6.45) is 6.74. The molecular formula is C17H29NO3. The van der Waals surface area contributed by atoms with Crippen LogP contribution in [0.25, 0.3) is 0 Å². The highest BCUT2D eigenvalue weighted by Crippen LogP contribution is 2.46. The second-order valence-corrected chi connectivity index (χ2v) is 6.52. The average Bonchev–Trinajstić information content (AvgIpc) is 2.83. The SMILES string of the molecule is C=C[C@H]1CC[C@@](CCC(CC)C(C)NC(C)=O)(C(=O)O)C1. The quantitative estimate of drug-likeness (QED) is 0.675. The van der Waals surface area contributed by atoms with Gasteiger partial charge in [0.2, 0.25) is 5.91 Å². The Balaban J connectivity index is 2.66. The number of rotatable bonds is 8. The lowest BCUT2D eigenvalue weighted by Gasteiger charge is -2.29. The van der Waals surface area contributed by atoms with Crippen LogP contribution in [0.4, 0.5) is 0 Å². The Kier molecular flexibility index (Phi) is 6.43. The fourth-order valence-corrected chi connectivity index (χ4v) is 3.60. The Hall–Kier alpha value is -1.32. The molecule has 1 rings (SSSR count). The van der Waals surface area contributed by atoms with E-state index in [1.54, 1.807) is 0 Å². The second kappa shape index (κ2) is 7.62. The van der Waals surface area contributed by atoms with Crippen LogP contribution < -0.4 is 5.32 Å². The molecule has 1 aliphatic carbocycles. The van der Waals surface area contributed by atoms with Gasteiger partial charge in [0, 0.05) is 13.0 Å². The molecular weight excluding hydrogens is 266 g/mol. The lowest BCUT2D eigenvalue weighted by molar-refractivity contribution is -0.149. The monoisotopic (exact) mass is 295 g/mol. The zero-order chi connectivity index (χ0) is 16.0. The number of carbonyl (C=O) groups is 2. The van der Waals surface area contributed by atoms with Gasteiger partial charge in [-0.25, -0.2) is 0 Å². The molecule has 0 heterocycles. The number of hydrogen-bond acceptors (Lipinski definition) is 2. The molecule has 1 fully saturated rings. The van der Waals surface area contributed by atoms with Crippen molar-refractivity contribution < 1.29 is 14.7 Å². The molecule has 0 aromatic rings. The zero-order valence-corrected chi connectivity index (χ0v) is 13.5. The van der Waals surface area contributed by atoms with E-state index in [0.717, 1.165) is 25.7 Å². The van der Waals surface area contributed by atoms with Crippen LogP contribution in [0, 0.1) is 17.3 Å². The first kappa shape index (κ1) is 17.7. The molecule has 4 nitrogen and oxygen atoms in total. The number of carboxylic acid groups (broad SMARTS) is 1. The molecule has 0 bridgehead atoms. The van der Waals surface area contributed by atoms with Crippen LogP contribution in [0.15, 0.2) is 12.7 Å². The van der Waals surface area contributed by atoms with Crippen molar-refractivity contribution >= 4 is 11.9 Å². The van der Waals surface area contributed by atoms with E-state index in [2.05, 4.69) is 18.8 Å². The number of amides is 1. The minimum Gasteiger partial charge on any atom is -0.481 e. The van der Waals surface area contributed by atoms with Crippen LogP contribution in [-0.2, 0) is 9.59 Å². The smallest absolute Gasteiger partial charge is 0.309 e. The third-order valence-corrected chi connectivity index (χ3v) is 5.09. The average molecular weight is 295 g/mol. The van der Waals surface area contributed by atoms with E-state index in [4.69, 9.17) is 0 Å². The van der Waals surface area contributed by atoms with Gasteiger partial charge in [0.1, 0.15) is 0 Å². The van der Waals surface area contributed by atoms with Gasteiger partial charge in [-0.15, -0.1) is 6.58 Å². The van der Waals surface area contributed by atoms with Gasteiger partial charge in [0.25, 0.3) is 0 Å². The molecule has 1 amide bonds. The van der Waals surface area contributed by atoms with Crippen molar-refractivity contribution in [3.8, 4) is 0 Å². The molecule has 2 unspecified atom stereocenters. The number of nitrogens with one attached hydrogen (secondary N) is 1. The highest BCUT2D eigenvalue weighted by Gasteiger charge is 2.44. The van der Waals surface area contributed by atoms with Gasteiger partial charge >= 0.3 is 5.97 Å². The minimum absolute atomic E-state index is 0.0264. The molecule has 2 N–H and O–H groups in total. The number of hydrogen-bond donors (Lipinski definition) is 2. The molecule has 0 aromatic heterocycles. The Morgan fingerprint density at radius 3 is 2.62 bits per heavy atom. The topological polar surface area (TPSA) is 66.4 Å². The summed E-state index contributed by atoms with van der Waals surface area (Å²) in [6, 6.07) is 0.0925. The summed E-state index contributed by atoms with van der Waals surface area (Å²) in [4.78, 5) is 22.9. The van der Waals surface area contributed by atoms with Gasteiger partial charge in [0.05, 0.1) is 5.41 Å². The first-order valence-corrected chi connectivity index (χ1v) is 7.97. The Bertz CT molecular complexity index is 393. The molecule has 4 heteroatoms. The molecule has 1 saturated carbocycles. The van der Waals surface area contributed by atoms with Gasteiger partial charge < -0.3 is 10.4 Å². The number of carbonyl (C=O) groups excluding carboxylic acids is 1. The second-order valence-electron chi connectivity index (χ2n) is 6.52. The molecule has 0 saturated heterocycles. The summed E-state index contributed by atoms with van der Waals surface area (Å²) in [7, 11) is 0. The van der Waals surface area contributed by atoms with Crippen LogP contribution in [0.3, 0.4) is 0 Å². The van der Waals surface area contributed by atoms with Crippen molar-refractivity contribution in [3.63, 3.8) is 0 Å². The fraction of sp³-hybridized carbons (Fsp3) is 0.765. The molecule has 0 spiro atoms. The Morgan fingerprint density at radius 2 is 2.19 bits per heavy atom. The molecule has 1 aliphatic rings. The van der Waals surface area contributed by atoms with E-state index in [1.165, 1.54) is 6.92 Å². The van der Waals surface area contributed by atoms with E-state index in [-0.39, 0.29) is 11.9 Å². The predicted octanol–water partition coefficient (Wildman–Crippen LogP) is 3.37. The van der Waals surface area contributed by atoms with Gasteiger partial charge in [-0.3, -0.25) is 9.59 Å². The maximum Gasteiger partial charge on any atom is 0.309 e. The van der Waals surface area contributed by atoms with E-state index >= 15 is 0 Å². The van der Waals surface area contributed by atoms with Crippen molar-refractivity contribution in [1.29, 1.82) is 0 Å². The van der Waals surface area contributed by atoms with Gasteiger partial charge in [-0.1, -0.05) is 19.4 Å². The van der Waals surface area contributed by atoms with Crippen molar-refractivity contribution in [2.24, 2.45) is 17.3 Å². The molecule has 4 atom stereocenters. The summed E-state index contributed by atoms with van der Waals surface area (Å²) >= 11 is 0. The molecule has 21 heavy (non-hydrogen) atoms. The molecule has 120 valence electrons. The summed E-state index contributed by atoms with van der Waals surface area (Å²) < 4.78 is 0. The standard InChI is InChI=1S/C17H29NO3/c1-5-14-7-9-17(11-14,16(20)21)10-8-15(6-2)12(3)18-13(4)19/h5,12,14-15H,1,6-11H2,2-4H3,(H,18,19)(H,20,21)/t12?,14-,15?,17-/m0/s1. The predicted molar refractivity (Wildman–Crippen MR) is 83.9 cm³/mol. The van der Waals surface area contributed by atoms with Gasteiger partial charge in [-0.2, -0.15) is 0 Å². The van der Waals surface area contributed by atoms with Crippen LogP contribution in [-0.4, -0.2) is 23.0 Å². The first-order valence-electron chi connectivity index (χ1n) is 7.97. The van der Waals surface area contributed by atoms with E-state index in [1.807, 2.05) is 13.0 Å². The van der Waals surface area contributed by atoms with Gasteiger partial charge in [0.15, 0.2) is 0 Å². The maximum atomic E-state index is 11.7. The molecule has 0 aromatic carbocycles. The lowest BCUT2D eigenvalue weighted by Crippen LogP contribution is -2.38. The first-order chi connectivity index (χ1) is 9.84. The van der Waals surface area contributed by atoms with Crippen molar-refractivity contribution in [3.05, 3.63) is 12.7 Å². The van der Waals surface area contributed by atoms with Crippen LogP contribution >= 0.6 is 0 Å². The van der Waals surface area contributed by atoms with Crippen LogP contribution in [0.2, 0.25) is 0 Å². The lowest BCUT2D eigenvalue weighted by atomic mass is 9.77. The van der Waals surface area contributed by atoms with Crippen LogP contribution in [0.1, 0.15) is 59.3 Å². The van der Waals surface area contributed by atoms with E-state index in [9.17, 15) is 14.7 Å². The summed E-state index contributed by atoms with van der Waals surface area (Å²) in [6.45, 7) is 9.42. The summed E-state index contributed by atoms with van der Waals surface area (Å²) in [5, 5.41) is 12.6. The highest BCUT2D eigenvalue weighted by molar-refractivity contribution is 5.75. The zero-order valence-electron chi connectivity index (χ0n) is 13.5. The molecule has 0 aliphatic heterocycles. The fourth-order valence-electron chi connectivity index (χ4n) is 3.60. The number of aliphatic carboxylic acids is 1. The van der Waals surface area contributed by atoms with E-state index < -0.39 is 11.4 Å². The normalized spacial score (nSPS) is 27.9. The number of carboxylic acids is 1. The van der Waals surface area contributed by atoms with E-state index in [0.29, 0.717) is 24.7 Å². The third-order valence-electron chi connectivity index (χ3n) is 5.09. The summed E-state index contributed by atoms with van der Waals surface area (Å²) in [5.74, 6) is -0.0442.